The van der Waals surface area contributed by atoms with Crippen LogP contribution in [0.15, 0.2) is 35.9 Å². The summed E-state index contributed by atoms with van der Waals surface area (Å²) in [5.41, 5.74) is 9.53. The predicted molar refractivity (Wildman–Crippen MR) is 118 cm³/mol. The molecule has 2 rings (SSSR count). The molecular formula is C23H30N2O4. The van der Waals surface area contributed by atoms with E-state index >= 15 is 0 Å². The monoisotopic (exact) mass is 398 g/mol. The Labute approximate surface area is 172 Å². The highest BCUT2D eigenvalue weighted by atomic mass is 16.5. The minimum atomic E-state index is -0.0354. The summed E-state index contributed by atoms with van der Waals surface area (Å²) >= 11 is 0. The standard InChI is InChI=1S/C23H30N2O4/c1-7-8-15(21(26)16-9-11-18(24)19(14-16)25(2)3)13-17-10-12-20(27-4)23(29-6)22(17)28-5/h9-14H,7-8,24H2,1-6H3. The van der Waals surface area contributed by atoms with Crippen LogP contribution in [0.25, 0.3) is 6.08 Å². The molecule has 0 aliphatic carbocycles. The van der Waals surface area contributed by atoms with Crippen LogP contribution in [0, 0.1) is 0 Å². The summed E-state index contributed by atoms with van der Waals surface area (Å²) in [6.07, 6.45) is 3.33. The van der Waals surface area contributed by atoms with Crippen molar-refractivity contribution >= 4 is 23.2 Å². The number of hydrogen-bond acceptors (Lipinski definition) is 6. The first-order valence-corrected chi connectivity index (χ1v) is 9.48. The van der Waals surface area contributed by atoms with Gasteiger partial charge in [-0.1, -0.05) is 13.3 Å². The third-order valence-corrected chi connectivity index (χ3v) is 4.65. The lowest BCUT2D eigenvalue weighted by Crippen LogP contribution is -2.13. The van der Waals surface area contributed by atoms with Gasteiger partial charge >= 0.3 is 0 Å². The minimum absolute atomic E-state index is 0.0354. The number of carbonyl (C=O) groups is 1. The number of ketones is 1. The normalized spacial score (nSPS) is 11.2. The number of methoxy groups -OCH3 is 3. The number of hydrogen-bond donors (Lipinski definition) is 1. The molecule has 29 heavy (non-hydrogen) atoms. The maximum Gasteiger partial charge on any atom is 0.203 e. The first-order valence-electron chi connectivity index (χ1n) is 9.48. The van der Waals surface area contributed by atoms with Gasteiger partial charge in [-0.05, 0) is 42.8 Å². The Morgan fingerprint density at radius 3 is 2.28 bits per heavy atom. The molecule has 0 aromatic heterocycles. The van der Waals surface area contributed by atoms with E-state index in [9.17, 15) is 4.79 Å². The van der Waals surface area contributed by atoms with Crippen LogP contribution in [0.3, 0.4) is 0 Å². The number of carbonyl (C=O) groups excluding carboxylic acids is 1. The Morgan fingerprint density at radius 1 is 1.03 bits per heavy atom. The first kappa shape index (κ1) is 22.1. The molecule has 0 amide bonds. The smallest absolute Gasteiger partial charge is 0.203 e. The molecule has 0 saturated heterocycles. The Bertz CT molecular complexity index is 904. The summed E-state index contributed by atoms with van der Waals surface area (Å²) in [6, 6.07) is 9.02. The first-order chi connectivity index (χ1) is 13.9. The van der Waals surface area contributed by atoms with Crippen LogP contribution in [0.4, 0.5) is 11.4 Å². The third kappa shape index (κ3) is 4.83. The number of benzene rings is 2. The number of ether oxygens (including phenoxy) is 3. The molecule has 0 fully saturated rings. The Balaban J connectivity index is 2.56. The van der Waals surface area contributed by atoms with Gasteiger partial charge in [-0.3, -0.25) is 4.79 Å². The van der Waals surface area contributed by atoms with Crippen LogP contribution in [0.1, 0.15) is 35.7 Å². The van der Waals surface area contributed by atoms with E-state index in [0.29, 0.717) is 40.5 Å². The summed E-state index contributed by atoms with van der Waals surface area (Å²) in [5, 5.41) is 0. The van der Waals surface area contributed by atoms with E-state index in [0.717, 1.165) is 17.7 Å². The van der Waals surface area contributed by atoms with Crippen molar-refractivity contribution in [2.24, 2.45) is 0 Å². The zero-order valence-electron chi connectivity index (χ0n) is 18.0. The van der Waals surface area contributed by atoms with Crippen LogP contribution in [-0.2, 0) is 0 Å². The lowest BCUT2D eigenvalue weighted by molar-refractivity contribution is 0.103. The van der Waals surface area contributed by atoms with E-state index in [4.69, 9.17) is 19.9 Å². The molecule has 0 atom stereocenters. The topological polar surface area (TPSA) is 74.0 Å². The van der Waals surface area contributed by atoms with Gasteiger partial charge in [-0.15, -0.1) is 0 Å². The average Bonchev–Trinajstić information content (AvgIpc) is 2.72. The zero-order valence-corrected chi connectivity index (χ0v) is 18.0. The van der Waals surface area contributed by atoms with Crippen molar-refractivity contribution in [1.82, 2.24) is 0 Å². The number of rotatable bonds is 9. The Hall–Kier alpha value is -3.15. The third-order valence-electron chi connectivity index (χ3n) is 4.65. The van der Waals surface area contributed by atoms with Crippen molar-refractivity contribution in [3.63, 3.8) is 0 Å². The van der Waals surface area contributed by atoms with Gasteiger partial charge in [0.15, 0.2) is 17.3 Å². The molecule has 0 aliphatic heterocycles. The maximum absolute atomic E-state index is 13.3. The number of nitrogens with two attached hydrogens (primary N) is 1. The lowest BCUT2D eigenvalue weighted by Gasteiger charge is -2.17. The fourth-order valence-corrected chi connectivity index (χ4v) is 3.20. The molecule has 0 heterocycles. The molecule has 0 spiro atoms. The fourth-order valence-electron chi connectivity index (χ4n) is 3.20. The number of nitrogens with zero attached hydrogens (tertiary/aromatic N) is 1. The minimum Gasteiger partial charge on any atom is -0.493 e. The Kier molecular flexibility index (Phi) is 7.53. The van der Waals surface area contributed by atoms with Crippen molar-refractivity contribution in [3.8, 4) is 17.2 Å². The van der Waals surface area contributed by atoms with Gasteiger partial charge in [-0.2, -0.15) is 0 Å². The highest BCUT2D eigenvalue weighted by Gasteiger charge is 2.18. The van der Waals surface area contributed by atoms with Gasteiger partial charge in [0.25, 0.3) is 0 Å². The number of allylic oxidation sites excluding steroid dienone is 1. The second kappa shape index (κ2) is 9.87. The van der Waals surface area contributed by atoms with Crippen molar-refractivity contribution < 1.29 is 19.0 Å². The van der Waals surface area contributed by atoms with E-state index in [1.807, 2.05) is 44.1 Å². The second-order valence-corrected chi connectivity index (χ2v) is 6.84. The maximum atomic E-state index is 13.3. The van der Waals surface area contributed by atoms with Gasteiger partial charge in [0, 0.05) is 30.8 Å². The summed E-state index contributed by atoms with van der Waals surface area (Å²) in [6.45, 7) is 2.04. The van der Waals surface area contributed by atoms with Crippen LogP contribution in [0.5, 0.6) is 17.2 Å². The summed E-state index contributed by atoms with van der Waals surface area (Å²) in [7, 11) is 8.50. The van der Waals surface area contributed by atoms with Crippen molar-refractivity contribution in [3.05, 3.63) is 47.0 Å². The largest absolute Gasteiger partial charge is 0.493 e. The van der Waals surface area contributed by atoms with Gasteiger partial charge in [0.1, 0.15) is 0 Å². The molecule has 0 saturated carbocycles. The van der Waals surface area contributed by atoms with E-state index < -0.39 is 0 Å². The number of Topliss-reactive ketones (excluding diaryl/α,β-unsaturated/α-hetero) is 1. The molecule has 6 nitrogen and oxygen atoms in total. The molecule has 0 bridgehead atoms. The molecular weight excluding hydrogens is 368 g/mol. The quantitative estimate of drug-likeness (QED) is 0.383. The number of nitrogen functional groups attached to an aromatic ring is 1. The van der Waals surface area contributed by atoms with Gasteiger partial charge in [-0.25, -0.2) is 0 Å². The fraction of sp³-hybridized carbons (Fsp3) is 0.348. The highest BCUT2D eigenvalue weighted by molar-refractivity contribution is 6.12. The molecule has 2 N–H and O–H groups in total. The molecule has 0 radical (unpaired) electrons. The van der Waals surface area contributed by atoms with Crippen molar-refractivity contribution in [2.45, 2.75) is 19.8 Å². The van der Waals surface area contributed by atoms with E-state index in [1.54, 1.807) is 39.5 Å². The summed E-state index contributed by atoms with van der Waals surface area (Å²) in [4.78, 5) is 15.2. The SMILES string of the molecule is CCCC(=Cc1ccc(OC)c(OC)c1OC)C(=O)c1ccc(N)c(N(C)C)c1. The van der Waals surface area contributed by atoms with Gasteiger partial charge in [0.2, 0.25) is 5.75 Å². The molecule has 0 unspecified atom stereocenters. The predicted octanol–water partition coefficient (Wildman–Crippen LogP) is 4.43. The van der Waals surface area contributed by atoms with Crippen LogP contribution in [0.2, 0.25) is 0 Å². The highest BCUT2D eigenvalue weighted by Crippen LogP contribution is 2.41. The lowest BCUT2D eigenvalue weighted by atomic mass is 9.96. The van der Waals surface area contributed by atoms with Crippen molar-refractivity contribution in [2.75, 3.05) is 46.1 Å². The molecule has 2 aromatic rings. The van der Waals surface area contributed by atoms with Crippen LogP contribution < -0.4 is 24.8 Å². The summed E-state index contributed by atoms with van der Waals surface area (Å²) in [5.74, 6) is 1.56. The average molecular weight is 399 g/mol. The van der Waals surface area contributed by atoms with Crippen LogP contribution in [-0.4, -0.2) is 41.2 Å². The van der Waals surface area contributed by atoms with Crippen molar-refractivity contribution in [1.29, 1.82) is 0 Å². The summed E-state index contributed by atoms with van der Waals surface area (Å²) < 4.78 is 16.4. The molecule has 2 aromatic carbocycles. The van der Waals surface area contributed by atoms with Gasteiger partial charge < -0.3 is 24.8 Å². The van der Waals surface area contributed by atoms with E-state index in [-0.39, 0.29) is 5.78 Å². The number of anilines is 2. The van der Waals surface area contributed by atoms with Gasteiger partial charge in [0.05, 0.1) is 32.7 Å². The Morgan fingerprint density at radius 2 is 1.72 bits per heavy atom. The molecule has 6 heteroatoms. The van der Waals surface area contributed by atoms with E-state index in [1.165, 1.54) is 0 Å². The van der Waals surface area contributed by atoms with E-state index in [2.05, 4.69) is 0 Å². The zero-order chi connectivity index (χ0) is 21.6. The second-order valence-electron chi connectivity index (χ2n) is 6.84. The molecule has 156 valence electrons. The molecule has 0 aliphatic rings. The van der Waals surface area contributed by atoms with Crippen LogP contribution >= 0.6 is 0 Å².